The van der Waals surface area contributed by atoms with Gasteiger partial charge < -0.3 is 5.32 Å². The molecule has 2 aliphatic carbocycles. The minimum atomic E-state index is 0.325. The van der Waals surface area contributed by atoms with E-state index in [0.29, 0.717) is 16.7 Å². The number of aryl methyl sites for hydroxylation is 1. The molecule has 3 atom stereocenters. The minimum absolute atomic E-state index is 0.325. The van der Waals surface area contributed by atoms with Gasteiger partial charge in [0.15, 0.2) is 0 Å². The fourth-order valence-electron chi connectivity index (χ4n) is 6.21. The highest BCUT2D eigenvalue weighted by Crippen LogP contribution is 2.57. The predicted octanol–water partition coefficient (Wildman–Crippen LogP) is 6.01. The van der Waals surface area contributed by atoms with Crippen LogP contribution < -0.4 is 5.32 Å². The highest BCUT2D eigenvalue weighted by molar-refractivity contribution is 5.42. The summed E-state index contributed by atoms with van der Waals surface area (Å²) in [5.74, 6) is 1.37. The molecule has 0 unspecified atom stereocenters. The molecule has 0 spiro atoms. The number of nitrogens with one attached hydrogen (secondary N) is 1. The van der Waals surface area contributed by atoms with Crippen molar-refractivity contribution in [2.24, 2.45) is 11.3 Å². The standard InChI is InChI=1S/C26H36N2/c1-19(2)21-8-10-23-22(15-21)9-11-24-25(3,12-6-13-26(23,24)4)18-28-17-20-7-5-14-27-16-20/h5,7-8,10,14-16,19,24,28H,6,9,11-13,17-18H2,1-4H3/t24-,25-,26-/m1/s1. The second-order valence-electron chi connectivity index (χ2n) is 10.1. The number of hydrogen-bond acceptors (Lipinski definition) is 2. The number of pyridine rings is 1. The number of rotatable bonds is 5. The Labute approximate surface area is 171 Å². The van der Waals surface area contributed by atoms with Crippen molar-refractivity contribution in [2.75, 3.05) is 6.54 Å². The zero-order valence-corrected chi connectivity index (χ0v) is 18.1. The van der Waals surface area contributed by atoms with Crippen LogP contribution in [0.1, 0.15) is 81.5 Å². The van der Waals surface area contributed by atoms with Crippen LogP contribution in [-0.2, 0) is 18.4 Å². The molecule has 0 radical (unpaired) electrons. The Kier molecular flexibility index (Phi) is 5.35. The number of benzene rings is 1. The van der Waals surface area contributed by atoms with Crippen molar-refractivity contribution in [2.45, 2.75) is 77.7 Å². The first-order chi connectivity index (χ1) is 13.4. The molecule has 1 heterocycles. The topological polar surface area (TPSA) is 24.9 Å². The largest absolute Gasteiger partial charge is 0.312 e. The van der Waals surface area contributed by atoms with E-state index in [1.165, 1.54) is 43.2 Å². The lowest BCUT2D eigenvalue weighted by Crippen LogP contribution is -2.52. The molecule has 0 bridgehead atoms. The van der Waals surface area contributed by atoms with E-state index in [2.05, 4.69) is 62.3 Å². The summed E-state index contributed by atoms with van der Waals surface area (Å²) in [7, 11) is 0. The minimum Gasteiger partial charge on any atom is -0.312 e. The molecule has 2 aliphatic rings. The first-order valence-electron chi connectivity index (χ1n) is 11.2. The van der Waals surface area contributed by atoms with E-state index in [-0.39, 0.29) is 0 Å². The normalized spacial score (nSPS) is 29.4. The summed E-state index contributed by atoms with van der Waals surface area (Å²) in [6, 6.07) is 11.6. The van der Waals surface area contributed by atoms with Crippen molar-refractivity contribution in [3.63, 3.8) is 0 Å². The molecule has 28 heavy (non-hydrogen) atoms. The van der Waals surface area contributed by atoms with Gasteiger partial charge in [-0.2, -0.15) is 0 Å². The second kappa shape index (κ2) is 7.63. The van der Waals surface area contributed by atoms with Crippen molar-refractivity contribution in [1.29, 1.82) is 0 Å². The van der Waals surface area contributed by atoms with Crippen LogP contribution >= 0.6 is 0 Å². The predicted molar refractivity (Wildman–Crippen MR) is 118 cm³/mol. The van der Waals surface area contributed by atoms with Gasteiger partial charge in [-0.05, 0) is 76.7 Å². The SMILES string of the molecule is CC(C)c1ccc2c(c1)CC[C@@H]1[C@@](C)(CNCc3cccnc3)CCC[C@]21C. The van der Waals surface area contributed by atoms with Crippen LogP contribution in [0.5, 0.6) is 0 Å². The molecule has 1 N–H and O–H groups in total. The summed E-state index contributed by atoms with van der Waals surface area (Å²) >= 11 is 0. The molecule has 150 valence electrons. The van der Waals surface area contributed by atoms with Crippen LogP contribution in [0, 0.1) is 11.3 Å². The third kappa shape index (κ3) is 3.52. The Balaban J connectivity index is 1.54. The van der Waals surface area contributed by atoms with Crippen molar-refractivity contribution < 1.29 is 0 Å². The molecule has 2 aromatic rings. The van der Waals surface area contributed by atoms with Gasteiger partial charge in [-0.15, -0.1) is 0 Å². The molecule has 1 aromatic carbocycles. The van der Waals surface area contributed by atoms with E-state index in [9.17, 15) is 0 Å². The molecule has 2 nitrogen and oxygen atoms in total. The molecule has 0 amide bonds. The van der Waals surface area contributed by atoms with Gasteiger partial charge in [0.25, 0.3) is 0 Å². The molecule has 1 fully saturated rings. The van der Waals surface area contributed by atoms with Crippen molar-refractivity contribution in [3.8, 4) is 0 Å². The van der Waals surface area contributed by atoms with Gasteiger partial charge in [0.1, 0.15) is 0 Å². The van der Waals surface area contributed by atoms with E-state index >= 15 is 0 Å². The maximum absolute atomic E-state index is 4.25. The Morgan fingerprint density at radius 3 is 2.79 bits per heavy atom. The summed E-state index contributed by atoms with van der Waals surface area (Å²) in [6.45, 7) is 11.7. The van der Waals surface area contributed by atoms with Crippen LogP contribution in [0.2, 0.25) is 0 Å². The van der Waals surface area contributed by atoms with Crippen molar-refractivity contribution in [1.82, 2.24) is 10.3 Å². The zero-order valence-electron chi connectivity index (χ0n) is 18.1. The fourth-order valence-corrected chi connectivity index (χ4v) is 6.21. The monoisotopic (exact) mass is 376 g/mol. The van der Waals surface area contributed by atoms with Gasteiger partial charge in [-0.1, -0.05) is 58.4 Å². The number of hydrogen-bond donors (Lipinski definition) is 1. The maximum Gasteiger partial charge on any atom is 0.0312 e. The Bertz CT molecular complexity index is 812. The van der Waals surface area contributed by atoms with Gasteiger partial charge in [0.05, 0.1) is 0 Å². The Morgan fingerprint density at radius 1 is 1.18 bits per heavy atom. The maximum atomic E-state index is 4.25. The van der Waals surface area contributed by atoms with Gasteiger partial charge in [-0.25, -0.2) is 0 Å². The third-order valence-corrected chi connectivity index (χ3v) is 7.75. The first kappa shape index (κ1) is 19.6. The van der Waals surface area contributed by atoms with E-state index in [1.54, 1.807) is 11.1 Å². The van der Waals surface area contributed by atoms with Gasteiger partial charge in [-0.3, -0.25) is 4.98 Å². The second-order valence-corrected chi connectivity index (χ2v) is 10.1. The molecule has 1 saturated carbocycles. The van der Waals surface area contributed by atoms with Crippen LogP contribution in [-0.4, -0.2) is 11.5 Å². The van der Waals surface area contributed by atoms with Gasteiger partial charge in [0.2, 0.25) is 0 Å². The first-order valence-corrected chi connectivity index (χ1v) is 11.2. The fraction of sp³-hybridized carbons (Fsp3) is 0.577. The van der Waals surface area contributed by atoms with Crippen LogP contribution in [0.3, 0.4) is 0 Å². The summed E-state index contributed by atoms with van der Waals surface area (Å²) in [5.41, 5.74) is 6.73. The number of fused-ring (bicyclic) bond motifs is 3. The highest BCUT2D eigenvalue weighted by Gasteiger charge is 2.51. The molecule has 4 rings (SSSR count). The molecular weight excluding hydrogens is 340 g/mol. The van der Waals surface area contributed by atoms with Crippen LogP contribution in [0.15, 0.2) is 42.7 Å². The van der Waals surface area contributed by atoms with Gasteiger partial charge >= 0.3 is 0 Å². The average molecular weight is 377 g/mol. The molecule has 0 aliphatic heterocycles. The number of aromatic nitrogens is 1. The van der Waals surface area contributed by atoms with Gasteiger partial charge in [0, 0.05) is 25.5 Å². The average Bonchev–Trinajstić information content (AvgIpc) is 2.68. The van der Waals surface area contributed by atoms with E-state index in [1.807, 2.05) is 18.5 Å². The third-order valence-electron chi connectivity index (χ3n) is 7.75. The molecule has 2 heteroatoms. The highest BCUT2D eigenvalue weighted by atomic mass is 14.9. The van der Waals surface area contributed by atoms with Crippen LogP contribution in [0.4, 0.5) is 0 Å². The van der Waals surface area contributed by atoms with Crippen molar-refractivity contribution in [3.05, 3.63) is 65.0 Å². The molecule has 0 saturated heterocycles. The van der Waals surface area contributed by atoms with Crippen molar-refractivity contribution >= 4 is 0 Å². The molecular formula is C26H36N2. The van der Waals surface area contributed by atoms with Crippen LogP contribution in [0.25, 0.3) is 0 Å². The summed E-state index contributed by atoms with van der Waals surface area (Å²) < 4.78 is 0. The van der Waals surface area contributed by atoms with E-state index < -0.39 is 0 Å². The van der Waals surface area contributed by atoms with E-state index in [0.717, 1.165) is 19.0 Å². The summed E-state index contributed by atoms with van der Waals surface area (Å²) in [4.78, 5) is 4.25. The summed E-state index contributed by atoms with van der Waals surface area (Å²) in [6.07, 6.45) is 10.4. The Morgan fingerprint density at radius 2 is 2.04 bits per heavy atom. The molecule has 1 aromatic heterocycles. The van der Waals surface area contributed by atoms with E-state index in [4.69, 9.17) is 0 Å². The Hall–Kier alpha value is -1.67. The number of nitrogens with zero attached hydrogens (tertiary/aromatic N) is 1. The quantitative estimate of drug-likeness (QED) is 0.692. The smallest absolute Gasteiger partial charge is 0.0312 e. The lowest BCUT2D eigenvalue weighted by molar-refractivity contribution is 0.0257. The lowest BCUT2D eigenvalue weighted by Gasteiger charge is -2.55. The lowest BCUT2D eigenvalue weighted by atomic mass is 9.49. The summed E-state index contributed by atoms with van der Waals surface area (Å²) in [5, 5.41) is 3.77. The zero-order chi connectivity index (χ0) is 19.8.